The number of ether oxygens (including phenoxy) is 9. The molecule has 55 heavy (non-hydrogen) atoms. The van der Waals surface area contributed by atoms with Gasteiger partial charge in [0.1, 0.15) is 35.0 Å². The summed E-state index contributed by atoms with van der Waals surface area (Å²) < 4.78 is 52.2. The van der Waals surface area contributed by atoms with Gasteiger partial charge in [0.2, 0.25) is 0 Å². The van der Waals surface area contributed by atoms with Gasteiger partial charge in [-0.3, -0.25) is 0 Å². The van der Waals surface area contributed by atoms with Gasteiger partial charge in [-0.1, -0.05) is 68.2 Å². The molecule has 1 heterocycles. The van der Waals surface area contributed by atoms with E-state index in [-0.39, 0.29) is 18.1 Å². The van der Waals surface area contributed by atoms with Crippen molar-refractivity contribution >= 4 is 26.1 Å². The zero-order chi connectivity index (χ0) is 39.8. The van der Waals surface area contributed by atoms with Crippen molar-refractivity contribution in [3.8, 4) is 17.2 Å². The van der Waals surface area contributed by atoms with Crippen LogP contribution in [0, 0.1) is 0 Å². The first-order chi connectivity index (χ1) is 26.3. The second kappa shape index (κ2) is 21.0. The molecule has 0 amide bonds. The predicted octanol–water partition coefficient (Wildman–Crippen LogP) is 8.49. The van der Waals surface area contributed by atoms with Crippen molar-refractivity contribution in [3.63, 3.8) is 0 Å². The number of carbonyl (C=O) groups is 2. The molecule has 11 nitrogen and oxygen atoms in total. The van der Waals surface area contributed by atoms with E-state index in [1.54, 1.807) is 50.6 Å². The molecule has 3 atom stereocenters. The summed E-state index contributed by atoms with van der Waals surface area (Å²) in [4.78, 5) is 26.9. The number of benzene rings is 3. The molecule has 0 aromatic heterocycles. The molecule has 1 saturated heterocycles. The van der Waals surface area contributed by atoms with E-state index in [9.17, 15) is 9.59 Å². The summed E-state index contributed by atoms with van der Waals surface area (Å²) in [6.45, 7) is 11.5. The lowest BCUT2D eigenvalue weighted by Gasteiger charge is -2.24. The van der Waals surface area contributed by atoms with E-state index < -0.39 is 44.1 Å². The fourth-order valence-corrected chi connectivity index (χ4v) is 6.48. The molecule has 0 N–H and O–H groups in total. The third kappa shape index (κ3) is 14.0. The summed E-state index contributed by atoms with van der Waals surface area (Å²) in [7, 11) is 3.24. The Morgan fingerprint density at radius 1 is 0.873 bits per heavy atom. The summed E-state index contributed by atoms with van der Waals surface area (Å²) in [6, 6.07) is 20.8. The Bertz CT molecular complexity index is 1710. The highest BCUT2D eigenvalue weighted by Crippen LogP contribution is 2.35. The first-order valence-corrected chi connectivity index (χ1v) is 22.2. The van der Waals surface area contributed by atoms with E-state index in [4.69, 9.17) is 42.6 Å². The molecule has 0 aliphatic carbocycles. The Morgan fingerprint density at radius 3 is 2.27 bits per heavy atom. The van der Waals surface area contributed by atoms with Gasteiger partial charge in [-0.15, -0.1) is 0 Å². The fraction of sp³-hybridized carbons (Fsp3) is 0.442. The van der Waals surface area contributed by atoms with Gasteiger partial charge in [0.05, 0.1) is 45.7 Å². The minimum atomic E-state index is -1.45. The van der Waals surface area contributed by atoms with Crippen molar-refractivity contribution in [3.05, 3.63) is 107 Å². The van der Waals surface area contributed by atoms with Crippen molar-refractivity contribution in [1.82, 2.24) is 0 Å². The van der Waals surface area contributed by atoms with Crippen LogP contribution in [0.25, 0.3) is 6.08 Å². The maximum atomic E-state index is 13.5. The van der Waals surface area contributed by atoms with E-state index in [0.29, 0.717) is 49.5 Å². The van der Waals surface area contributed by atoms with E-state index in [1.807, 2.05) is 68.5 Å². The van der Waals surface area contributed by atoms with Crippen molar-refractivity contribution in [1.29, 1.82) is 0 Å². The number of carbonyl (C=O) groups excluding carboxylic acids is 2. The molecule has 1 aliphatic rings. The maximum Gasteiger partial charge on any atom is 0.342 e. The van der Waals surface area contributed by atoms with Gasteiger partial charge < -0.3 is 42.6 Å². The van der Waals surface area contributed by atoms with Gasteiger partial charge in [-0.2, -0.15) is 0 Å². The zero-order valence-corrected chi connectivity index (χ0v) is 34.3. The number of esters is 2. The van der Waals surface area contributed by atoms with E-state index in [0.717, 1.165) is 17.4 Å². The minimum Gasteiger partial charge on any atom is -0.497 e. The Labute approximate surface area is 326 Å². The normalized spacial score (nSPS) is 17.3. The van der Waals surface area contributed by atoms with Crippen molar-refractivity contribution in [2.24, 2.45) is 0 Å². The molecule has 3 aromatic carbocycles. The monoisotopic (exact) mass is 776 g/mol. The summed E-state index contributed by atoms with van der Waals surface area (Å²) in [5.41, 5.74) is 2.26. The molecule has 1 aliphatic heterocycles. The first-order valence-electron chi connectivity index (χ1n) is 18.5. The van der Waals surface area contributed by atoms with Crippen LogP contribution in [0.2, 0.25) is 25.7 Å². The van der Waals surface area contributed by atoms with Crippen molar-refractivity contribution < 1.29 is 52.2 Å². The molecule has 0 bridgehead atoms. The topological polar surface area (TPSA) is 117 Å². The number of methoxy groups -OCH3 is 3. The molecule has 4 rings (SSSR count). The first kappa shape index (κ1) is 43.3. The average molecular weight is 777 g/mol. The predicted molar refractivity (Wildman–Crippen MR) is 213 cm³/mol. The van der Waals surface area contributed by atoms with Crippen LogP contribution in [0.15, 0.2) is 85.0 Å². The van der Waals surface area contributed by atoms with Gasteiger partial charge in [0.15, 0.2) is 12.6 Å². The van der Waals surface area contributed by atoms with Crippen LogP contribution in [0.5, 0.6) is 17.2 Å². The number of rotatable bonds is 21. The van der Waals surface area contributed by atoms with Gasteiger partial charge in [-0.05, 0) is 80.3 Å². The van der Waals surface area contributed by atoms with Crippen molar-refractivity contribution in [2.45, 2.75) is 83.1 Å². The minimum absolute atomic E-state index is 0.0685. The second-order valence-electron chi connectivity index (χ2n) is 14.7. The van der Waals surface area contributed by atoms with Crippen LogP contribution < -0.4 is 14.2 Å². The van der Waals surface area contributed by atoms with Gasteiger partial charge in [-0.25, -0.2) is 9.59 Å². The van der Waals surface area contributed by atoms with Gasteiger partial charge in [0.25, 0.3) is 0 Å². The molecule has 12 heteroatoms. The molecule has 0 spiro atoms. The third-order valence-electron chi connectivity index (χ3n) is 8.61. The Balaban J connectivity index is 1.54. The fourth-order valence-electron chi connectivity index (χ4n) is 5.77. The summed E-state index contributed by atoms with van der Waals surface area (Å²) in [5.74, 6) is -0.377. The highest BCUT2D eigenvalue weighted by Gasteiger charge is 2.45. The summed E-state index contributed by atoms with van der Waals surface area (Å²) in [6.07, 6.45) is 6.46. The van der Waals surface area contributed by atoms with Crippen LogP contribution in [0.1, 0.15) is 58.5 Å². The lowest BCUT2D eigenvalue weighted by Crippen LogP contribution is -2.37. The third-order valence-corrected chi connectivity index (χ3v) is 10.3. The lowest BCUT2D eigenvalue weighted by molar-refractivity contribution is -0.152. The van der Waals surface area contributed by atoms with E-state index in [1.165, 1.54) is 7.11 Å². The summed E-state index contributed by atoms with van der Waals surface area (Å²) in [5, 5.41) is 0. The number of hydrogen-bond donors (Lipinski definition) is 0. The zero-order valence-electron chi connectivity index (χ0n) is 33.3. The quantitative estimate of drug-likeness (QED) is 0.0341. The van der Waals surface area contributed by atoms with Crippen LogP contribution in [-0.2, 0) is 35.0 Å². The second-order valence-corrected chi connectivity index (χ2v) is 20.3. The highest BCUT2D eigenvalue weighted by atomic mass is 28.3. The molecule has 0 radical (unpaired) electrons. The molecule has 2 unspecified atom stereocenters. The molecule has 1 fully saturated rings. The van der Waals surface area contributed by atoms with Crippen LogP contribution >= 0.6 is 0 Å². The lowest BCUT2D eigenvalue weighted by atomic mass is 10.0. The Kier molecular flexibility index (Phi) is 16.5. The van der Waals surface area contributed by atoms with E-state index in [2.05, 4.69) is 19.6 Å². The Morgan fingerprint density at radius 2 is 1.60 bits per heavy atom. The van der Waals surface area contributed by atoms with Crippen LogP contribution in [0.3, 0.4) is 0 Å². The molecule has 0 saturated carbocycles. The van der Waals surface area contributed by atoms with Crippen LogP contribution in [0.4, 0.5) is 0 Å². The van der Waals surface area contributed by atoms with Gasteiger partial charge in [0, 0.05) is 21.3 Å². The van der Waals surface area contributed by atoms with Gasteiger partial charge >= 0.3 is 11.9 Å². The van der Waals surface area contributed by atoms with E-state index >= 15 is 0 Å². The average Bonchev–Trinajstić information content (AvgIpc) is 3.47. The SMILES string of the molecule is COCOc1cc(OC)cc(C=CC[C@@H]2OC(C)(C)OC2C(C=CCCOCc2ccc(OC)cc2)OC(=O)c2ccccc2)c1C(=O)OCC[Si](C)(C)C. The standard InChI is InChI=1S/C43H56O11Si/c1-43(2)53-37(19-14-17-33-27-35(48-5)28-38(51-30-46-3)39(33)42(45)50-25-26-55(6,7)8)40(54-43)36(52-41(44)32-15-10-9-11-16-32)18-12-13-24-49-29-31-20-22-34(47-4)23-21-31/h9-12,14-18,20-23,27-28,36-37,40H,13,19,24-26,29-30H2,1-8H3/t36?,37-,40?/m0/s1. The van der Waals surface area contributed by atoms with Crippen molar-refractivity contribution in [2.75, 3.05) is 41.3 Å². The molecule has 3 aromatic rings. The Hall–Kier alpha value is -4.46. The smallest absolute Gasteiger partial charge is 0.342 e. The largest absolute Gasteiger partial charge is 0.497 e. The molecular weight excluding hydrogens is 721 g/mol. The summed E-state index contributed by atoms with van der Waals surface area (Å²) >= 11 is 0. The highest BCUT2D eigenvalue weighted by molar-refractivity contribution is 6.76. The van der Waals surface area contributed by atoms with Crippen LogP contribution in [-0.4, -0.2) is 85.4 Å². The maximum absolute atomic E-state index is 13.5. The molecular formula is C43H56O11Si. The molecule has 298 valence electrons. The number of hydrogen-bond acceptors (Lipinski definition) is 11.